The Kier molecular flexibility index (Phi) is 5.48. The van der Waals surface area contributed by atoms with Gasteiger partial charge in [0.25, 0.3) is 0 Å². The zero-order valence-corrected chi connectivity index (χ0v) is 15.3. The lowest BCUT2D eigenvalue weighted by molar-refractivity contribution is -0.122. The maximum atomic E-state index is 12.9. The molecule has 2 aromatic rings. The normalized spacial score (nSPS) is 16.5. The number of carbonyl (C=O) groups is 1. The van der Waals surface area contributed by atoms with Crippen LogP contribution in [0, 0.1) is 0 Å². The molecule has 1 aliphatic rings. The Morgan fingerprint density at radius 1 is 1.23 bits per heavy atom. The molecule has 0 radical (unpaired) electrons. The zero-order chi connectivity index (χ0) is 18.7. The Bertz CT molecular complexity index is 915. The first-order valence-electron chi connectivity index (χ1n) is 8.09. The Balaban J connectivity index is 1.60. The Hall–Kier alpha value is -2.12. The number of nitrogens with one attached hydrogen (secondary N) is 1. The van der Waals surface area contributed by atoms with E-state index in [1.807, 2.05) is 12.1 Å². The van der Waals surface area contributed by atoms with E-state index < -0.39 is 10.2 Å². The number of benzene rings is 2. The van der Waals surface area contributed by atoms with Crippen LogP contribution in [0.15, 0.2) is 47.4 Å². The molecule has 5 nitrogen and oxygen atoms in total. The standard InChI is InChI=1S/C18H17ClFNO4S/c19-15-3-1-2-14-16(10-11-25-18(14)15)21-17(22)9-6-12-4-7-13(8-5-12)26(20,23)24/h1-5,7-8,16H,6,9-11H2,(H,21,22). The fourth-order valence-electron chi connectivity index (χ4n) is 2.88. The van der Waals surface area contributed by atoms with E-state index in [1.165, 1.54) is 24.3 Å². The third kappa shape index (κ3) is 4.34. The summed E-state index contributed by atoms with van der Waals surface area (Å²) in [6.07, 6.45) is 1.31. The van der Waals surface area contributed by atoms with Crippen LogP contribution >= 0.6 is 11.6 Å². The van der Waals surface area contributed by atoms with Crippen LogP contribution in [-0.4, -0.2) is 20.9 Å². The van der Waals surface area contributed by atoms with Gasteiger partial charge in [0.2, 0.25) is 5.91 Å². The van der Waals surface area contributed by atoms with E-state index in [4.69, 9.17) is 16.3 Å². The molecule has 0 fully saturated rings. The lowest BCUT2D eigenvalue weighted by Gasteiger charge is -2.27. The minimum Gasteiger partial charge on any atom is -0.492 e. The molecule has 0 bridgehead atoms. The van der Waals surface area contributed by atoms with E-state index in [0.717, 1.165) is 11.1 Å². The summed E-state index contributed by atoms with van der Waals surface area (Å²) < 4.78 is 40.0. The molecular formula is C18H17ClFNO4S. The molecule has 3 rings (SSSR count). The van der Waals surface area contributed by atoms with Gasteiger partial charge in [-0.1, -0.05) is 35.9 Å². The van der Waals surface area contributed by atoms with E-state index >= 15 is 0 Å². The first-order chi connectivity index (χ1) is 12.3. The van der Waals surface area contributed by atoms with Gasteiger partial charge in [0.1, 0.15) is 5.75 Å². The van der Waals surface area contributed by atoms with Gasteiger partial charge in [-0.05, 0) is 30.2 Å². The fourth-order valence-corrected chi connectivity index (χ4v) is 3.58. The Morgan fingerprint density at radius 2 is 1.96 bits per heavy atom. The van der Waals surface area contributed by atoms with Gasteiger partial charge >= 0.3 is 10.2 Å². The summed E-state index contributed by atoms with van der Waals surface area (Å²) in [7, 11) is -4.70. The maximum absolute atomic E-state index is 12.9. The third-order valence-electron chi connectivity index (χ3n) is 4.21. The second-order valence-corrected chi connectivity index (χ2v) is 7.75. The average molecular weight is 398 g/mol. The minimum atomic E-state index is -4.70. The first kappa shape index (κ1) is 18.7. The maximum Gasteiger partial charge on any atom is 0.332 e. The Morgan fingerprint density at radius 3 is 2.65 bits per heavy atom. The van der Waals surface area contributed by atoms with Crippen molar-refractivity contribution in [3.8, 4) is 5.75 Å². The molecule has 1 heterocycles. The minimum absolute atomic E-state index is 0.134. The number of para-hydroxylation sites is 1. The molecule has 0 saturated heterocycles. The van der Waals surface area contributed by atoms with Crippen LogP contribution in [0.4, 0.5) is 3.89 Å². The molecule has 138 valence electrons. The van der Waals surface area contributed by atoms with Crippen molar-refractivity contribution in [2.24, 2.45) is 0 Å². The number of fused-ring (bicyclic) bond motifs is 1. The van der Waals surface area contributed by atoms with Crippen LogP contribution in [0.5, 0.6) is 5.75 Å². The smallest absolute Gasteiger partial charge is 0.332 e. The van der Waals surface area contributed by atoms with E-state index in [0.29, 0.717) is 30.2 Å². The van der Waals surface area contributed by atoms with Crippen molar-refractivity contribution < 1.29 is 21.8 Å². The summed E-state index contributed by atoms with van der Waals surface area (Å²) in [4.78, 5) is 11.9. The molecular weight excluding hydrogens is 381 g/mol. The van der Waals surface area contributed by atoms with Gasteiger partial charge in [0, 0.05) is 18.4 Å². The van der Waals surface area contributed by atoms with E-state index in [9.17, 15) is 17.1 Å². The highest BCUT2D eigenvalue weighted by Gasteiger charge is 2.24. The number of aryl methyl sites for hydroxylation is 1. The van der Waals surface area contributed by atoms with Crippen LogP contribution in [-0.2, 0) is 21.4 Å². The third-order valence-corrected chi connectivity index (χ3v) is 5.34. The molecule has 1 unspecified atom stereocenters. The Labute approximate surface area is 156 Å². The van der Waals surface area contributed by atoms with Crippen molar-refractivity contribution >= 4 is 27.7 Å². The molecule has 1 aliphatic heterocycles. The molecule has 0 saturated carbocycles. The van der Waals surface area contributed by atoms with Crippen LogP contribution in [0.1, 0.15) is 30.0 Å². The van der Waals surface area contributed by atoms with Crippen molar-refractivity contribution in [2.45, 2.75) is 30.2 Å². The van der Waals surface area contributed by atoms with Gasteiger partial charge in [-0.25, -0.2) is 0 Å². The quantitative estimate of drug-likeness (QED) is 0.783. The highest BCUT2D eigenvalue weighted by Crippen LogP contribution is 2.37. The largest absolute Gasteiger partial charge is 0.492 e. The van der Waals surface area contributed by atoms with Crippen LogP contribution in [0.25, 0.3) is 0 Å². The number of carbonyl (C=O) groups excluding carboxylic acids is 1. The summed E-state index contributed by atoms with van der Waals surface area (Å²) >= 11 is 6.12. The number of hydrogen-bond donors (Lipinski definition) is 1. The van der Waals surface area contributed by atoms with E-state index in [1.54, 1.807) is 6.07 Å². The second kappa shape index (κ2) is 7.63. The summed E-state index contributed by atoms with van der Waals surface area (Å²) in [5.41, 5.74) is 1.61. The van der Waals surface area contributed by atoms with Crippen molar-refractivity contribution in [2.75, 3.05) is 6.61 Å². The molecule has 26 heavy (non-hydrogen) atoms. The van der Waals surface area contributed by atoms with Gasteiger partial charge < -0.3 is 10.1 Å². The van der Waals surface area contributed by atoms with E-state index in [2.05, 4.69) is 5.32 Å². The molecule has 0 aromatic heterocycles. The SMILES string of the molecule is O=C(CCc1ccc(S(=O)(=O)F)cc1)NC1CCOc2c(Cl)cccc21. The topological polar surface area (TPSA) is 72.5 Å². The first-order valence-corrected chi connectivity index (χ1v) is 9.85. The predicted molar refractivity (Wildman–Crippen MR) is 95.5 cm³/mol. The van der Waals surface area contributed by atoms with Crippen LogP contribution < -0.4 is 10.1 Å². The number of halogens is 2. The summed E-state index contributed by atoms with van der Waals surface area (Å²) in [6.45, 7) is 0.473. The number of hydrogen-bond acceptors (Lipinski definition) is 4. The van der Waals surface area contributed by atoms with Crippen molar-refractivity contribution in [1.82, 2.24) is 5.32 Å². The van der Waals surface area contributed by atoms with Crippen LogP contribution in [0.2, 0.25) is 5.02 Å². The highest BCUT2D eigenvalue weighted by molar-refractivity contribution is 7.86. The van der Waals surface area contributed by atoms with Crippen molar-refractivity contribution in [1.29, 1.82) is 0 Å². The fraction of sp³-hybridized carbons (Fsp3) is 0.278. The van der Waals surface area contributed by atoms with E-state index in [-0.39, 0.29) is 23.3 Å². The highest BCUT2D eigenvalue weighted by atomic mass is 35.5. The monoisotopic (exact) mass is 397 g/mol. The zero-order valence-electron chi connectivity index (χ0n) is 13.7. The van der Waals surface area contributed by atoms with Gasteiger partial charge in [-0.15, -0.1) is 3.89 Å². The van der Waals surface area contributed by atoms with Crippen molar-refractivity contribution in [3.05, 3.63) is 58.6 Å². The molecule has 1 atom stereocenters. The predicted octanol–water partition coefficient (Wildman–Crippen LogP) is 3.57. The number of ether oxygens (including phenoxy) is 1. The lowest BCUT2D eigenvalue weighted by atomic mass is 10.00. The summed E-state index contributed by atoms with van der Waals surface area (Å²) in [5.74, 6) is 0.471. The molecule has 0 spiro atoms. The van der Waals surface area contributed by atoms with Gasteiger partial charge in [0.15, 0.2) is 0 Å². The summed E-state index contributed by atoms with van der Waals surface area (Å²) in [6, 6.07) is 10.7. The number of rotatable bonds is 5. The van der Waals surface area contributed by atoms with Gasteiger partial charge in [-0.2, -0.15) is 8.42 Å². The average Bonchev–Trinajstić information content (AvgIpc) is 2.60. The number of amides is 1. The van der Waals surface area contributed by atoms with Crippen molar-refractivity contribution in [3.63, 3.8) is 0 Å². The summed E-state index contributed by atoms with van der Waals surface area (Å²) in [5, 5.41) is 3.49. The second-order valence-electron chi connectivity index (χ2n) is 6.00. The molecule has 1 N–H and O–H groups in total. The van der Waals surface area contributed by atoms with Crippen LogP contribution in [0.3, 0.4) is 0 Å². The molecule has 2 aromatic carbocycles. The van der Waals surface area contributed by atoms with Gasteiger partial charge in [0.05, 0.1) is 22.6 Å². The lowest BCUT2D eigenvalue weighted by Crippen LogP contribution is -2.32. The van der Waals surface area contributed by atoms with Gasteiger partial charge in [-0.3, -0.25) is 4.79 Å². The molecule has 0 aliphatic carbocycles. The molecule has 8 heteroatoms. The molecule has 1 amide bonds.